The summed E-state index contributed by atoms with van der Waals surface area (Å²) in [6, 6.07) is 4.53. The van der Waals surface area contributed by atoms with Gasteiger partial charge < -0.3 is 10.5 Å². The fraction of sp³-hybridized carbons (Fsp3) is 0.692. The molecule has 2 rings (SSSR count). The van der Waals surface area contributed by atoms with Crippen LogP contribution in [-0.2, 0) is 11.3 Å². The number of ether oxygens (including phenoxy) is 1. The summed E-state index contributed by atoms with van der Waals surface area (Å²) in [5.74, 6) is 0. The van der Waals surface area contributed by atoms with E-state index in [2.05, 4.69) is 31.4 Å². The topological polar surface area (TPSA) is 35.2 Å². The maximum absolute atomic E-state index is 6.14. The van der Waals surface area contributed by atoms with E-state index in [-0.39, 0.29) is 5.41 Å². The van der Waals surface area contributed by atoms with Crippen molar-refractivity contribution in [3.63, 3.8) is 0 Å². The standard InChI is InChI=1S/C13H21NOS/c1-3-13(4-2)11(14)8-12(13)15-9-10-6-5-7-16-10/h5-7,11-12H,3-4,8-9,14H2,1-2H3. The monoisotopic (exact) mass is 239 g/mol. The van der Waals surface area contributed by atoms with Crippen LogP contribution in [0.25, 0.3) is 0 Å². The second-order valence-corrected chi connectivity index (χ2v) is 5.69. The van der Waals surface area contributed by atoms with Gasteiger partial charge in [0.1, 0.15) is 0 Å². The summed E-state index contributed by atoms with van der Waals surface area (Å²) in [7, 11) is 0. The highest BCUT2D eigenvalue weighted by atomic mass is 32.1. The first-order valence-electron chi connectivity index (χ1n) is 6.12. The van der Waals surface area contributed by atoms with Gasteiger partial charge in [-0.2, -0.15) is 0 Å². The van der Waals surface area contributed by atoms with Gasteiger partial charge in [0.25, 0.3) is 0 Å². The van der Waals surface area contributed by atoms with Crippen LogP contribution in [0.5, 0.6) is 0 Å². The van der Waals surface area contributed by atoms with Crippen LogP contribution in [0.15, 0.2) is 17.5 Å². The third kappa shape index (κ3) is 1.92. The van der Waals surface area contributed by atoms with Gasteiger partial charge in [0.05, 0.1) is 12.7 Å². The molecule has 1 aliphatic carbocycles. The van der Waals surface area contributed by atoms with Gasteiger partial charge in [-0.05, 0) is 30.7 Å². The van der Waals surface area contributed by atoms with Crippen LogP contribution < -0.4 is 5.73 Å². The Kier molecular flexibility index (Phi) is 3.67. The van der Waals surface area contributed by atoms with E-state index in [0.717, 1.165) is 25.9 Å². The maximum atomic E-state index is 6.14. The minimum Gasteiger partial charge on any atom is -0.372 e. The van der Waals surface area contributed by atoms with Gasteiger partial charge in [-0.25, -0.2) is 0 Å². The van der Waals surface area contributed by atoms with Crippen molar-refractivity contribution in [3.8, 4) is 0 Å². The molecule has 90 valence electrons. The molecule has 1 saturated carbocycles. The molecule has 2 N–H and O–H groups in total. The molecule has 1 fully saturated rings. The summed E-state index contributed by atoms with van der Waals surface area (Å²) in [6.45, 7) is 5.20. The lowest BCUT2D eigenvalue weighted by molar-refractivity contribution is -0.137. The summed E-state index contributed by atoms with van der Waals surface area (Å²) in [6.07, 6.45) is 3.63. The van der Waals surface area contributed by atoms with Crippen molar-refractivity contribution < 1.29 is 4.74 Å². The number of hydrogen-bond donors (Lipinski definition) is 1. The van der Waals surface area contributed by atoms with E-state index >= 15 is 0 Å². The van der Waals surface area contributed by atoms with Crippen LogP contribution in [-0.4, -0.2) is 12.1 Å². The SMILES string of the molecule is CCC1(CC)C(N)CC1OCc1cccs1. The Hall–Kier alpha value is -0.380. The molecule has 0 aliphatic heterocycles. The first kappa shape index (κ1) is 12.1. The molecule has 1 aromatic rings. The minimum atomic E-state index is 0.233. The van der Waals surface area contributed by atoms with Crippen molar-refractivity contribution >= 4 is 11.3 Å². The second kappa shape index (κ2) is 4.86. The quantitative estimate of drug-likeness (QED) is 0.856. The predicted octanol–water partition coefficient (Wildman–Crippen LogP) is 3.17. The Morgan fingerprint density at radius 2 is 2.25 bits per heavy atom. The highest BCUT2D eigenvalue weighted by Gasteiger charge is 2.51. The van der Waals surface area contributed by atoms with Crippen LogP contribution in [0.1, 0.15) is 38.0 Å². The lowest BCUT2D eigenvalue weighted by atomic mass is 9.59. The lowest BCUT2D eigenvalue weighted by Crippen LogP contribution is -2.61. The molecule has 2 unspecified atom stereocenters. The molecule has 0 spiro atoms. The van der Waals surface area contributed by atoms with Crippen LogP contribution in [0.3, 0.4) is 0 Å². The van der Waals surface area contributed by atoms with E-state index in [1.165, 1.54) is 4.88 Å². The van der Waals surface area contributed by atoms with Crippen molar-refractivity contribution in [1.29, 1.82) is 0 Å². The van der Waals surface area contributed by atoms with Crippen molar-refractivity contribution in [3.05, 3.63) is 22.4 Å². The number of nitrogens with two attached hydrogens (primary N) is 1. The normalized spacial score (nSPS) is 27.7. The minimum absolute atomic E-state index is 0.233. The summed E-state index contributed by atoms with van der Waals surface area (Å²) in [5, 5.41) is 2.10. The van der Waals surface area contributed by atoms with Crippen molar-refractivity contribution in [2.24, 2.45) is 11.1 Å². The molecular weight excluding hydrogens is 218 g/mol. The first-order valence-corrected chi connectivity index (χ1v) is 7.00. The molecule has 2 atom stereocenters. The Bertz CT molecular complexity index is 319. The molecule has 0 aromatic carbocycles. The molecule has 0 saturated heterocycles. The van der Waals surface area contributed by atoms with Crippen LogP contribution in [0, 0.1) is 5.41 Å². The van der Waals surface area contributed by atoms with Gasteiger partial charge in [-0.1, -0.05) is 19.9 Å². The maximum Gasteiger partial charge on any atom is 0.0813 e. The highest BCUT2D eigenvalue weighted by Crippen LogP contribution is 2.48. The molecule has 2 nitrogen and oxygen atoms in total. The number of rotatable bonds is 5. The molecule has 1 aromatic heterocycles. The lowest BCUT2D eigenvalue weighted by Gasteiger charge is -2.53. The zero-order valence-electron chi connectivity index (χ0n) is 10.1. The van der Waals surface area contributed by atoms with E-state index in [4.69, 9.17) is 10.5 Å². The summed E-state index contributed by atoms with van der Waals surface area (Å²) in [5.41, 5.74) is 6.37. The molecule has 0 bridgehead atoms. The molecule has 0 amide bonds. The van der Waals surface area contributed by atoms with E-state index in [1.54, 1.807) is 11.3 Å². The van der Waals surface area contributed by atoms with E-state index < -0.39 is 0 Å². The number of thiophene rings is 1. The largest absolute Gasteiger partial charge is 0.372 e. The zero-order valence-corrected chi connectivity index (χ0v) is 10.9. The van der Waals surface area contributed by atoms with Crippen LogP contribution >= 0.6 is 11.3 Å². The van der Waals surface area contributed by atoms with Crippen molar-refractivity contribution in [2.75, 3.05) is 0 Å². The van der Waals surface area contributed by atoms with Gasteiger partial charge in [0.2, 0.25) is 0 Å². The fourth-order valence-corrected chi connectivity index (χ4v) is 3.44. The molecule has 3 heteroatoms. The predicted molar refractivity (Wildman–Crippen MR) is 68.5 cm³/mol. The molecule has 1 aliphatic rings. The number of hydrogen-bond acceptors (Lipinski definition) is 3. The zero-order chi connectivity index (χ0) is 11.6. The smallest absolute Gasteiger partial charge is 0.0813 e. The van der Waals surface area contributed by atoms with Crippen LogP contribution in [0.2, 0.25) is 0 Å². The Morgan fingerprint density at radius 3 is 2.75 bits per heavy atom. The van der Waals surface area contributed by atoms with Gasteiger partial charge in [0, 0.05) is 16.3 Å². The molecule has 1 heterocycles. The average molecular weight is 239 g/mol. The second-order valence-electron chi connectivity index (χ2n) is 4.66. The molecule has 0 radical (unpaired) electrons. The van der Waals surface area contributed by atoms with Crippen molar-refractivity contribution in [1.82, 2.24) is 0 Å². The first-order chi connectivity index (χ1) is 7.73. The summed E-state index contributed by atoms with van der Waals surface area (Å²) >= 11 is 1.76. The average Bonchev–Trinajstić information content (AvgIpc) is 2.78. The fourth-order valence-electron chi connectivity index (χ4n) is 2.82. The van der Waals surface area contributed by atoms with E-state index in [9.17, 15) is 0 Å². The third-order valence-electron chi connectivity index (χ3n) is 4.17. The van der Waals surface area contributed by atoms with E-state index in [1.807, 2.05) is 0 Å². The highest BCUT2D eigenvalue weighted by molar-refractivity contribution is 7.09. The molecule has 16 heavy (non-hydrogen) atoms. The third-order valence-corrected chi connectivity index (χ3v) is 5.02. The van der Waals surface area contributed by atoms with Gasteiger partial charge >= 0.3 is 0 Å². The van der Waals surface area contributed by atoms with Gasteiger partial charge in [-0.15, -0.1) is 11.3 Å². The van der Waals surface area contributed by atoms with Gasteiger partial charge in [0.15, 0.2) is 0 Å². The van der Waals surface area contributed by atoms with Crippen molar-refractivity contribution in [2.45, 2.75) is 51.9 Å². The Labute approximate surface area is 102 Å². The van der Waals surface area contributed by atoms with E-state index in [0.29, 0.717) is 12.1 Å². The summed E-state index contributed by atoms with van der Waals surface area (Å²) < 4.78 is 6.02. The van der Waals surface area contributed by atoms with Crippen LogP contribution in [0.4, 0.5) is 0 Å². The molecular formula is C13H21NOS. The Morgan fingerprint density at radius 1 is 1.50 bits per heavy atom. The van der Waals surface area contributed by atoms with Gasteiger partial charge in [-0.3, -0.25) is 0 Å². The Balaban J connectivity index is 1.91. The summed E-state index contributed by atoms with van der Waals surface area (Å²) in [4.78, 5) is 1.31.